The lowest BCUT2D eigenvalue weighted by Crippen LogP contribution is -2.43. The van der Waals surface area contributed by atoms with Gasteiger partial charge in [-0.05, 0) is 76.1 Å². The van der Waals surface area contributed by atoms with Gasteiger partial charge < -0.3 is 24.1 Å². The summed E-state index contributed by atoms with van der Waals surface area (Å²) in [7, 11) is 0. The molecular weight excluding hydrogens is 448 g/mol. The molecule has 3 aromatic rings. The largest absolute Gasteiger partial charge is 0.444 e. The van der Waals surface area contributed by atoms with Crippen molar-refractivity contribution in [1.29, 1.82) is 5.26 Å². The molecule has 0 radical (unpaired) electrons. The zero-order valence-corrected chi connectivity index (χ0v) is 20.0. The molecule has 1 N–H and O–H groups in total. The fraction of sp³-hybridized carbons (Fsp3) is 0.385. The van der Waals surface area contributed by atoms with Gasteiger partial charge in [-0.15, -0.1) is 0 Å². The normalized spacial score (nSPS) is 14.5. The van der Waals surface area contributed by atoms with Gasteiger partial charge in [-0.25, -0.2) is 9.78 Å². The summed E-state index contributed by atoms with van der Waals surface area (Å²) in [5.74, 6) is 0.187. The Morgan fingerprint density at radius 1 is 1.17 bits per heavy atom. The van der Waals surface area contributed by atoms with Crippen molar-refractivity contribution < 1.29 is 23.5 Å². The Morgan fingerprint density at radius 3 is 2.54 bits per heavy atom. The molecule has 9 heteroatoms. The van der Waals surface area contributed by atoms with Crippen LogP contribution in [-0.2, 0) is 14.3 Å². The van der Waals surface area contributed by atoms with Crippen LogP contribution in [0.1, 0.15) is 39.2 Å². The van der Waals surface area contributed by atoms with Crippen molar-refractivity contribution in [2.75, 3.05) is 25.0 Å². The van der Waals surface area contributed by atoms with E-state index in [9.17, 15) is 9.59 Å². The maximum absolute atomic E-state index is 12.3. The zero-order chi connectivity index (χ0) is 25.0. The van der Waals surface area contributed by atoms with Crippen molar-refractivity contribution in [3.05, 3.63) is 48.0 Å². The van der Waals surface area contributed by atoms with E-state index in [-0.39, 0.29) is 24.7 Å². The first-order valence-electron chi connectivity index (χ1n) is 11.5. The van der Waals surface area contributed by atoms with Gasteiger partial charge in [0, 0.05) is 24.3 Å². The quantitative estimate of drug-likeness (QED) is 0.566. The minimum absolute atomic E-state index is 0.0643. The van der Waals surface area contributed by atoms with Gasteiger partial charge in [-0.3, -0.25) is 4.79 Å². The van der Waals surface area contributed by atoms with Crippen LogP contribution in [0.4, 0.5) is 10.5 Å². The first kappa shape index (κ1) is 24.2. The van der Waals surface area contributed by atoms with Gasteiger partial charge in [0.25, 0.3) is 0 Å². The summed E-state index contributed by atoms with van der Waals surface area (Å²) < 4.78 is 16.9. The van der Waals surface area contributed by atoms with E-state index in [2.05, 4.69) is 16.4 Å². The maximum atomic E-state index is 12.3. The smallest absolute Gasteiger partial charge is 0.410 e. The van der Waals surface area contributed by atoms with Crippen LogP contribution in [0.3, 0.4) is 0 Å². The molecule has 1 aliphatic rings. The number of hydrogen-bond acceptors (Lipinski definition) is 7. The zero-order valence-electron chi connectivity index (χ0n) is 20.0. The molecule has 0 unspecified atom stereocenters. The molecule has 2 heterocycles. The first-order chi connectivity index (χ1) is 16.7. The third kappa shape index (κ3) is 6.37. The molecule has 35 heavy (non-hydrogen) atoms. The van der Waals surface area contributed by atoms with Gasteiger partial charge in [-0.2, -0.15) is 5.26 Å². The van der Waals surface area contributed by atoms with Crippen LogP contribution < -0.4 is 5.32 Å². The monoisotopic (exact) mass is 476 g/mol. The number of carbonyl (C=O) groups excluding carboxylic acids is 2. The number of ether oxygens (including phenoxy) is 2. The Balaban J connectivity index is 1.24. The summed E-state index contributed by atoms with van der Waals surface area (Å²) in [4.78, 5) is 30.6. The predicted octanol–water partition coefficient (Wildman–Crippen LogP) is 4.72. The third-order valence-electron chi connectivity index (χ3n) is 5.48. The molecule has 1 saturated heterocycles. The second-order valence-electron chi connectivity index (χ2n) is 9.42. The standard InChI is InChI=1S/C26H28N4O5/c1-26(2,3)35-25(32)30-12-10-20(11-13-30)33-16-23(31)28-19-7-5-18(6-8-19)24-29-21-14-17(15-27)4-9-22(21)34-24/h4-9,14,20H,10-13,16H2,1-3H3,(H,28,31). The number of piperidine rings is 1. The van der Waals surface area contributed by atoms with E-state index in [0.717, 1.165) is 5.56 Å². The molecule has 0 atom stereocenters. The molecule has 182 valence electrons. The van der Waals surface area contributed by atoms with E-state index in [1.165, 1.54) is 0 Å². The molecule has 1 aliphatic heterocycles. The second kappa shape index (κ2) is 10.2. The van der Waals surface area contributed by atoms with Gasteiger partial charge in [0.15, 0.2) is 5.58 Å². The van der Waals surface area contributed by atoms with Gasteiger partial charge in [0.05, 0.1) is 17.7 Å². The number of nitrogens with zero attached hydrogens (tertiary/aromatic N) is 3. The van der Waals surface area contributed by atoms with Crippen LogP contribution in [-0.4, -0.2) is 53.3 Å². The van der Waals surface area contributed by atoms with Crippen molar-refractivity contribution in [1.82, 2.24) is 9.88 Å². The highest BCUT2D eigenvalue weighted by Crippen LogP contribution is 2.26. The summed E-state index contributed by atoms with van der Waals surface area (Å²) >= 11 is 0. The average molecular weight is 477 g/mol. The Kier molecular flexibility index (Phi) is 7.03. The van der Waals surface area contributed by atoms with Gasteiger partial charge in [0.2, 0.25) is 11.8 Å². The summed E-state index contributed by atoms with van der Waals surface area (Å²) in [6.45, 7) is 6.54. The topological polar surface area (TPSA) is 118 Å². The van der Waals surface area contributed by atoms with E-state index in [1.807, 2.05) is 20.8 Å². The van der Waals surface area contributed by atoms with Crippen molar-refractivity contribution >= 4 is 28.8 Å². The van der Waals surface area contributed by atoms with Gasteiger partial charge >= 0.3 is 6.09 Å². The van der Waals surface area contributed by atoms with Crippen molar-refractivity contribution in [3.8, 4) is 17.5 Å². The van der Waals surface area contributed by atoms with Crippen LogP contribution in [0.15, 0.2) is 46.9 Å². The molecule has 0 saturated carbocycles. The first-order valence-corrected chi connectivity index (χ1v) is 11.5. The number of rotatable bonds is 5. The summed E-state index contributed by atoms with van der Waals surface area (Å²) in [6.07, 6.45) is 0.910. The van der Waals surface area contributed by atoms with E-state index >= 15 is 0 Å². The summed E-state index contributed by atoms with van der Waals surface area (Å²) in [5.41, 5.74) is 2.60. The summed E-state index contributed by atoms with van der Waals surface area (Å²) in [6, 6.07) is 14.3. The van der Waals surface area contributed by atoms with Gasteiger partial charge in [-0.1, -0.05) is 0 Å². The molecule has 2 amide bonds. The number of aromatic nitrogens is 1. The number of amides is 2. The molecular formula is C26H28N4O5. The number of hydrogen-bond donors (Lipinski definition) is 1. The number of nitriles is 1. The highest BCUT2D eigenvalue weighted by Gasteiger charge is 2.27. The van der Waals surface area contributed by atoms with Crippen LogP contribution in [0.5, 0.6) is 0 Å². The fourth-order valence-corrected chi connectivity index (χ4v) is 3.74. The molecule has 0 aliphatic carbocycles. The van der Waals surface area contributed by atoms with E-state index in [1.54, 1.807) is 47.4 Å². The SMILES string of the molecule is CC(C)(C)OC(=O)N1CCC(OCC(=O)Nc2ccc(-c3nc4cc(C#N)ccc4o3)cc2)CC1. The lowest BCUT2D eigenvalue weighted by molar-refractivity contribution is -0.123. The lowest BCUT2D eigenvalue weighted by Gasteiger charge is -2.33. The Hall–Kier alpha value is -3.90. The Morgan fingerprint density at radius 2 is 1.89 bits per heavy atom. The number of anilines is 1. The van der Waals surface area contributed by atoms with Crippen LogP contribution in [0.25, 0.3) is 22.6 Å². The van der Waals surface area contributed by atoms with E-state index in [0.29, 0.717) is 54.2 Å². The minimum atomic E-state index is -0.522. The molecule has 0 spiro atoms. The number of fused-ring (bicyclic) bond motifs is 1. The average Bonchev–Trinajstić information content (AvgIpc) is 3.26. The maximum Gasteiger partial charge on any atom is 0.410 e. The number of carbonyl (C=O) groups is 2. The number of oxazole rings is 1. The van der Waals surface area contributed by atoms with E-state index in [4.69, 9.17) is 19.2 Å². The molecule has 0 bridgehead atoms. The fourth-order valence-electron chi connectivity index (χ4n) is 3.74. The van der Waals surface area contributed by atoms with Crippen LogP contribution in [0, 0.1) is 11.3 Å². The third-order valence-corrected chi connectivity index (χ3v) is 5.48. The molecule has 9 nitrogen and oxygen atoms in total. The molecule has 1 aromatic heterocycles. The molecule has 1 fully saturated rings. The van der Waals surface area contributed by atoms with E-state index < -0.39 is 5.60 Å². The van der Waals surface area contributed by atoms with Crippen LogP contribution >= 0.6 is 0 Å². The number of nitrogens with one attached hydrogen (secondary N) is 1. The molecule has 2 aromatic carbocycles. The number of benzene rings is 2. The van der Waals surface area contributed by atoms with Crippen molar-refractivity contribution in [2.45, 2.75) is 45.3 Å². The van der Waals surface area contributed by atoms with Crippen molar-refractivity contribution in [3.63, 3.8) is 0 Å². The predicted molar refractivity (Wildman–Crippen MR) is 130 cm³/mol. The number of likely N-dealkylation sites (tertiary alicyclic amines) is 1. The summed E-state index contributed by atoms with van der Waals surface area (Å²) in [5, 5.41) is 11.8. The minimum Gasteiger partial charge on any atom is -0.444 e. The highest BCUT2D eigenvalue weighted by atomic mass is 16.6. The second-order valence-corrected chi connectivity index (χ2v) is 9.42. The van der Waals surface area contributed by atoms with Crippen molar-refractivity contribution in [2.24, 2.45) is 0 Å². The Bertz CT molecular complexity index is 1250. The lowest BCUT2D eigenvalue weighted by atomic mass is 10.1. The van der Waals surface area contributed by atoms with Gasteiger partial charge in [0.1, 0.15) is 17.7 Å². The Labute approximate surface area is 203 Å². The highest BCUT2D eigenvalue weighted by molar-refractivity contribution is 5.92. The van der Waals surface area contributed by atoms with Crippen LogP contribution in [0.2, 0.25) is 0 Å². The molecule has 4 rings (SSSR count).